The maximum absolute atomic E-state index is 5.87. The molecule has 0 saturated heterocycles. The number of rotatable bonds is 5. The van der Waals surface area contributed by atoms with Gasteiger partial charge in [-0.25, -0.2) is 0 Å². The monoisotopic (exact) mass is 303 g/mol. The van der Waals surface area contributed by atoms with E-state index in [0.29, 0.717) is 29.8 Å². The lowest BCUT2D eigenvalue weighted by Crippen LogP contribution is -2.12. The molecule has 2 aromatic heterocycles. The third kappa shape index (κ3) is 3.51. The van der Waals surface area contributed by atoms with Gasteiger partial charge in [0.25, 0.3) is 0 Å². The molecule has 6 heteroatoms. The fourth-order valence-corrected chi connectivity index (χ4v) is 2.07. The zero-order chi connectivity index (χ0) is 14.7. The number of furan rings is 1. The van der Waals surface area contributed by atoms with Crippen LogP contribution in [0.4, 0.5) is 0 Å². The van der Waals surface area contributed by atoms with Crippen LogP contribution in [0.1, 0.15) is 17.5 Å². The minimum absolute atomic E-state index is 0.512. The summed E-state index contributed by atoms with van der Waals surface area (Å²) in [5, 5.41) is 7.64. The minimum atomic E-state index is 0.512. The van der Waals surface area contributed by atoms with Crippen molar-refractivity contribution < 1.29 is 8.94 Å². The molecule has 0 aliphatic heterocycles. The van der Waals surface area contributed by atoms with Crippen LogP contribution in [0.15, 0.2) is 45.3 Å². The molecule has 108 valence electrons. The molecule has 21 heavy (non-hydrogen) atoms. The van der Waals surface area contributed by atoms with Gasteiger partial charge in [0.05, 0.1) is 13.1 Å². The van der Waals surface area contributed by atoms with E-state index in [1.165, 1.54) is 0 Å². The van der Waals surface area contributed by atoms with Crippen molar-refractivity contribution in [3.63, 3.8) is 0 Å². The number of aromatic nitrogens is 2. The summed E-state index contributed by atoms with van der Waals surface area (Å²) in [6.45, 7) is 2.89. The first kappa shape index (κ1) is 13.9. The molecule has 3 aromatic rings. The standard InChI is InChI=1S/C15H14ClN3O2/c1-10-18-15(21-19-10)9-17-8-13-6-7-14(20-13)11-2-4-12(16)5-3-11/h2-7,17H,8-9H2,1H3. The quantitative estimate of drug-likeness (QED) is 0.780. The van der Waals surface area contributed by atoms with Crippen LogP contribution in [-0.2, 0) is 13.1 Å². The Balaban J connectivity index is 1.59. The van der Waals surface area contributed by atoms with Gasteiger partial charge in [-0.3, -0.25) is 0 Å². The number of benzene rings is 1. The zero-order valence-corrected chi connectivity index (χ0v) is 12.2. The molecule has 3 rings (SSSR count). The van der Waals surface area contributed by atoms with Crippen molar-refractivity contribution in [1.29, 1.82) is 0 Å². The van der Waals surface area contributed by atoms with E-state index in [-0.39, 0.29) is 0 Å². The molecule has 0 bridgehead atoms. The maximum atomic E-state index is 5.87. The molecule has 0 atom stereocenters. The first-order valence-corrected chi connectivity index (χ1v) is 6.93. The van der Waals surface area contributed by atoms with Crippen LogP contribution in [0, 0.1) is 6.92 Å². The lowest BCUT2D eigenvalue weighted by atomic mass is 10.2. The fourth-order valence-electron chi connectivity index (χ4n) is 1.95. The summed E-state index contributed by atoms with van der Waals surface area (Å²) >= 11 is 5.87. The second kappa shape index (κ2) is 6.11. The Kier molecular flexibility index (Phi) is 4.03. The molecule has 0 amide bonds. The number of nitrogens with zero attached hydrogens (tertiary/aromatic N) is 2. The number of aryl methyl sites for hydroxylation is 1. The van der Waals surface area contributed by atoms with Crippen molar-refractivity contribution in [2.24, 2.45) is 0 Å². The van der Waals surface area contributed by atoms with E-state index >= 15 is 0 Å². The van der Waals surface area contributed by atoms with Crippen LogP contribution in [-0.4, -0.2) is 10.1 Å². The summed E-state index contributed by atoms with van der Waals surface area (Å²) < 4.78 is 10.8. The van der Waals surface area contributed by atoms with Crippen molar-refractivity contribution in [1.82, 2.24) is 15.5 Å². The van der Waals surface area contributed by atoms with E-state index in [2.05, 4.69) is 15.5 Å². The second-order valence-electron chi connectivity index (χ2n) is 4.61. The highest BCUT2D eigenvalue weighted by molar-refractivity contribution is 6.30. The second-order valence-corrected chi connectivity index (χ2v) is 5.05. The van der Waals surface area contributed by atoms with E-state index in [4.69, 9.17) is 20.5 Å². The Morgan fingerprint density at radius 2 is 1.90 bits per heavy atom. The zero-order valence-electron chi connectivity index (χ0n) is 11.5. The van der Waals surface area contributed by atoms with Gasteiger partial charge in [0.2, 0.25) is 5.89 Å². The molecular formula is C15H14ClN3O2. The average Bonchev–Trinajstić information content (AvgIpc) is 3.09. The Bertz CT molecular complexity index is 719. The van der Waals surface area contributed by atoms with Gasteiger partial charge >= 0.3 is 0 Å². The molecule has 2 heterocycles. The topological polar surface area (TPSA) is 64.1 Å². The molecule has 0 spiro atoms. The van der Waals surface area contributed by atoms with Crippen molar-refractivity contribution in [3.05, 3.63) is 58.9 Å². The Morgan fingerprint density at radius 3 is 2.62 bits per heavy atom. The molecule has 0 unspecified atom stereocenters. The van der Waals surface area contributed by atoms with Gasteiger partial charge in [-0.2, -0.15) is 4.98 Å². The lowest BCUT2D eigenvalue weighted by Gasteiger charge is -1.99. The molecule has 1 N–H and O–H groups in total. The summed E-state index contributed by atoms with van der Waals surface area (Å²) in [5.74, 6) is 2.86. The average molecular weight is 304 g/mol. The maximum Gasteiger partial charge on any atom is 0.240 e. The van der Waals surface area contributed by atoms with Gasteiger partial charge in [0, 0.05) is 10.6 Å². The van der Waals surface area contributed by atoms with Crippen molar-refractivity contribution in [2.45, 2.75) is 20.0 Å². The van der Waals surface area contributed by atoms with Gasteiger partial charge in [-0.1, -0.05) is 16.8 Å². The number of hydrogen-bond acceptors (Lipinski definition) is 5. The summed E-state index contributed by atoms with van der Waals surface area (Å²) in [5.41, 5.74) is 0.998. The third-order valence-corrected chi connectivity index (χ3v) is 3.19. The smallest absolute Gasteiger partial charge is 0.240 e. The van der Waals surface area contributed by atoms with Crippen LogP contribution >= 0.6 is 11.6 Å². The van der Waals surface area contributed by atoms with Crippen molar-refractivity contribution in [3.8, 4) is 11.3 Å². The van der Waals surface area contributed by atoms with Crippen LogP contribution in [0.25, 0.3) is 11.3 Å². The Hall–Kier alpha value is -2.11. The first-order valence-electron chi connectivity index (χ1n) is 6.55. The Morgan fingerprint density at radius 1 is 1.10 bits per heavy atom. The highest BCUT2D eigenvalue weighted by Gasteiger charge is 2.06. The molecule has 0 radical (unpaired) electrons. The number of halogens is 1. The molecule has 0 fully saturated rings. The summed E-state index contributed by atoms with van der Waals surface area (Å²) in [7, 11) is 0. The normalized spacial score (nSPS) is 11.0. The molecule has 0 aliphatic carbocycles. The highest BCUT2D eigenvalue weighted by Crippen LogP contribution is 2.23. The summed E-state index contributed by atoms with van der Waals surface area (Å²) in [4.78, 5) is 4.12. The van der Waals surface area contributed by atoms with Crippen LogP contribution in [0.3, 0.4) is 0 Å². The van der Waals surface area contributed by atoms with E-state index in [0.717, 1.165) is 17.1 Å². The minimum Gasteiger partial charge on any atom is -0.460 e. The van der Waals surface area contributed by atoms with Gasteiger partial charge in [0.1, 0.15) is 11.5 Å². The number of hydrogen-bond donors (Lipinski definition) is 1. The SMILES string of the molecule is Cc1noc(CNCc2ccc(-c3ccc(Cl)cc3)o2)n1. The molecule has 1 aromatic carbocycles. The van der Waals surface area contributed by atoms with E-state index in [1.54, 1.807) is 6.92 Å². The largest absolute Gasteiger partial charge is 0.460 e. The first-order chi connectivity index (χ1) is 10.2. The van der Waals surface area contributed by atoms with Crippen molar-refractivity contribution >= 4 is 11.6 Å². The van der Waals surface area contributed by atoms with Crippen LogP contribution < -0.4 is 5.32 Å². The number of nitrogens with one attached hydrogen (secondary N) is 1. The molecule has 5 nitrogen and oxygen atoms in total. The summed E-state index contributed by atoms with van der Waals surface area (Å²) in [6.07, 6.45) is 0. The highest BCUT2D eigenvalue weighted by atomic mass is 35.5. The van der Waals surface area contributed by atoms with Crippen LogP contribution in [0.5, 0.6) is 0 Å². The lowest BCUT2D eigenvalue weighted by molar-refractivity contribution is 0.360. The van der Waals surface area contributed by atoms with Gasteiger partial charge in [-0.15, -0.1) is 0 Å². The van der Waals surface area contributed by atoms with Gasteiger partial charge in [0.15, 0.2) is 5.82 Å². The predicted octanol–water partition coefficient (Wildman–Crippen LogP) is 3.58. The molecule has 0 aliphatic rings. The molecule has 0 saturated carbocycles. The summed E-state index contributed by atoms with van der Waals surface area (Å²) in [6, 6.07) is 11.4. The predicted molar refractivity (Wildman–Crippen MR) is 78.7 cm³/mol. The van der Waals surface area contributed by atoms with E-state index in [9.17, 15) is 0 Å². The van der Waals surface area contributed by atoms with E-state index < -0.39 is 0 Å². The Labute approximate surface area is 126 Å². The van der Waals surface area contributed by atoms with Crippen molar-refractivity contribution in [2.75, 3.05) is 0 Å². The van der Waals surface area contributed by atoms with Gasteiger partial charge in [-0.05, 0) is 43.3 Å². The molecular weight excluding hydrogens is 290 g/mol. The van der Waals surface area contributed by atoms with Gasteiger partial charge < -0.3 is 14.3 Å². The van der Waals surface area contributed by atoms with E-state index in [1.807, 2.05) is 36.4 Å². The fraction of sp³-hybridized carbons (Fsp3) is 0.200. The third-order valence-electron chi connectivity index (χ3n) is 2.94. The van der Waals surface area contributed by atoms with Crippen LogP contribution in [0.2, 0.25) is 5.02 Å².